The highest BCUT2D eigenvalue weighted by atomic mass is 15.1. The van der Waals surface area contributed by atoms with E-state index in [1.807, 2.05) is 13.8 Å². The monoisotopic (exact) mass is 282 g/mol. The van der Waals surface area contributed by atoms with E-state index in [0.717, 1.165) is 17.8 Å². The van der Waals surface area contributed by atoms with Gasteiger partial charge < -0.3 is 9.80 Å². The lowest BCUT2D eigenvalue weighted by Gasteiger charge is -2.38. The largest absolute Gasteiger partial charge is 0.304 e. The standard InChI is InChI=1S/C16H32N2.C2H6/c1-4-17-9-5-15(6-10-17)13-18-11-7-16(8-12-18)14(2)3;1-2/h14-16H,4-13H2,1-3H3;1-2H3. The highest BCUT2D eigenvalue weighted by Gasteiger charge is 2.25. The average molecular weight is 283 g/mol. The Morgan fingerprint density at radius 3 is 1.80 bits per heavy atom. The van der Waals surface area contributed by atoms with Crippen LogP contribution in [0.1, 0.15) is 60.3 Å². The van der Waals surface area contributed by atoms with Gasteiger partial charge in [-0.3, -0.25) is 0 Å². The van der Waals surface area contributed by atoms with Crippen LogP contribution in [-0.2, 0) is 0 Å². The van der Waals surface area contributed by atoms with E-state index in [1.54, 1.807) is 0 Å². The summed E-state index contributed by atoms with van der Waals surface area (Å²) in [5.74, 6) is 2.85. The molecule has 0 radical (unpaired) electrons. The Kier molecular flexibility index (Phi) is 8.79. The van der Waals surface area contributed by atoms with Crippen LogP contribution in [0.5, 0.6) is 0 Å². The Morgan fingerprint density at radius 2 is 1.35 bits per heavy atom. The van der Waals surface area contributed by atoms with Gasteiger partial charge in [-0.15, -0.1) is 0 Å². The van der Waals surface area contributed by atoms with E-state index in [-0.39, 0.29) is 0 Å². The van der Waals surface area contributed by atoms with Crippen LogP contribution in [0.15, 0.2) is 0 Å². The van der Waals surface area contributed by atoms with Gasteiger partial charge >= 0.3 is 0 Å². The summed E-state index contributed by atoms with van der Waals surface area (Å²) in [5, 5.41) is 0. The molecule has 0 spiro atoms. The van der Waals surface area contributed by atoms with Crippen molar-refractivity contribution in [1.82, 2.24) is 9.80 Å². The minimum absolute atomic E-state index is 0.889. The zero-order valence-electron chi connectivity index (χ0n) is 14.7. The molecule has 2 aliphatic heterocycles. The van der Waals surface area contributed by atoms with Gasteiger partial charge in [-0.05, 0) is 76.2 Å². The molecule has 0 aliphatic carbocycles. The maximum Gasteiger partial charge on any atom is 0.00106 e. The molecule has 2 fully saturated rings. The molecule has 120 valence electrons. The van der Waals surface area contributed by atoms with Crippen molar-refractivity contribution in [3.63, 3.8) is 0 Å². The van der Waals surface area contributed by atoms with E-state index in [9.17, 15) is 0 Å². The van der Waals surface area contributed by atoms with Gasteiger partial charge in [0, 0.05) is 6.54 Å². The second-order valence-corrected chi connectivity index (χ2v) is 6.76. The Hall–Kier alpha value is -0.0800. The molecule has 2 nitrogen and oxygen atoms in total. The summed E-state index contributed by atoms with van der Waals surface area (Å²) in [6.07, 6.45) is 5.73. The van der Waals surface area contributed by atoms with E-state index in [2.05, 4.69) is 30.6 Å². The molecular weight excluding hydrogens is 244 g/mol. The van der Waals surface area contributed by atoms with Crippen molar-refractivity contribution >= 4 is 0 Å². The normalized spacial score (nSPS) is 23.7. The molecule has 0 aromatic carbocycles. The fraction of sp³-hybridized carbons (Fsp3) is 1.00. The first-order valence-corrected chi connectivity index (χ1v) is 9.13. The van der Waals surface area contributed by atoms with Crippen LogP contribution in [0.2, 0.25) is 0 Å². The van der Waals surface area contributed by atoms with Crippen molar-refractivity contribution in [2.45, 2.75) is 60.3 Å². The minimum atomic E-state index is 0.889. The maximum absolute atomic E-state index is 2.74. The lowest BCUT2D eigenvalue weighted by molar-refractivity contribution is 0.109. The molecule has 20 heavy (non-hydrogen) atoms. The molecule has 2 heteroatoms. The SMILES string of the molecule is CC.CCN1CCC(CN2CCC(C(C)C)CC2)CC1. The Labute approximate surface area is 127 Å². The van der Waals surface area contributed by atoms with Crippen LogP contribution in [0.25, 0.3) is 0 Å². The lowest BCUT2D eigenvalue weighted by atomic mass is 9.86. The summed E-state index contributed by atoms with van der Waals surface area (Å²) in [6.45, 7) is 19.1. The Balaban J connectivity index is 0.000000956. The van der Waals surface area contributed by atoms with Crippen molar-refractivity contribution in [3.8, 4) is 0 Å². The first-order chi connectivity index (χ1) is 9.69. The third kappa shape index (κ3) is 5.73. The second kappa shape index (κ2) is 9.78. The lowest BCUT2D eigenvalue weighted by Crippen LogP contribution is -2.42. The van der Waals surface area contributed by atoms with E-state index < -0.39 is 0 Å². The van der Waals surface area contributed by atoms with Crippen molar-refractivity contribution in [2.24, 2.45) is 17.8 Å². The zero-order valence-corrected chi connectivity index (χ0v) is 14.7. The molecule has 0 aromatic heterocycles. The molecular formula is C18H38N2. The van der Waals surface area contributed by atoms with Crippen LogP contribution in [0, 0.1) is 17.8 Å². The number of rotatable bonds is 4. The molecule has 0 N–H and O–H groups in total. The van der Waals surface area contributed by atoms with Gasteiger partial charge in [0.05, 0.1) is 0 Å². The quantitative estimate of drug-likeness (QED) is 0.765. The van der Waals surface area contributed by atoms with Gasteiger partial charge in [-0.1, -0.05) is 34.6 Å². The third-order valence-electron chi connectivity index (χ3n) is 5.25. The first kappa shape index (κ1) is 18.0. The van der Waals surface area contributed by atoms with Crippen molar-refractivity contribution in [3.05, 3.63) is 0 Å². The average Bonchev–Trinajstić information content (AvgIpc) is 2.50. The van der Waals surface area contributed by atoms with Crippen LogP contribution in [0.4, 0.5) is 0 Å². The highest BCUT2D eigenvalue weighted by molar-refractivity contribution is 4.79. The highest BCUT2D eigenvalue weighted by Crippen LogP contribution is 2.26. The van der Waals surface area contributed by atoms with Gasteiger partial charge in [0.25, 0.3) is 0 Å². The molecule has 2 rings (SSSR count). The predicted molar refractivity (Wildman–Crippen MR) is 90.2 cm³/mol. The van der Waals surface area contributed by atoms with E-state index >= 15 is 0 Å². The smallest absolute Gasteiger partial charge is 0.00106 e. The summed E-state index contributed by atoms with van der Waals surface area (Å²) in [5.41, 5.74) is 0. The number of likely N-dealkylation sites (tertiary alicyclic amines) is 2. The number of hydrogen-bond acceptors (Lipinski definition) is 2. The zero-order chi connectivity index (χ0) is 15.0. The predicted octanol–water partition coefficient (Wildman–Crippen LogP) is 4.11. The fourth-order valence-electron chi connectivity index (χ4n) is 3.65. The molecule has 0 saturated carbocycles. The minimum Gasteiger partial charge on any atom is -0.304 e. The van der Waals surface area contributed by atoms with Crippen molar-refractivity contribution in [2.75, 3.05) is 39.3 Å². The summed E-state index contributed by atoms with van der Waals surface area (Å²) < 4.78 is 0. The van der Waals surface area contributed by atoms with Crippen molar-refractivity contribution < 1.29 is 0 Å². The fourth-order valence-corrected chi connectivity index (χ4v) is 3.65. The van der Waals surface area contributed by atoms with E-state index in [4.69, 9.17) is 0 Å². The molecule has 2 aliphatic rings. The van der Waals surface area contributed by atoms with Gasteiger partial charge in [-0.25, -0.2) is 0 Å². The van der Waals surface area contributed by atoms with E-state index in [0.29, 0.717) is 0 Å². The van der Waals surface area contributed by atoms with E-state index in [1.165, 1.54) is 65.0 Å². The van der Waals surface area contributed by atoms with Crippen LogP contribution in [0.3, 0.4) is 0 Å². The molecule has 2 saturated heterocycles. The van der Waals surface area contributed by atoms with Gasteiger partial charge in [-0.2, -0.15) is 0 Å². The topological polar surface area (TPSA) is 6.48 Å². The van der Waals surface area contributed by atoms with Crippen molar-refractivity contribution in [1.29, 1.82) is 0 Å². The molecule has 2 heterocycles. The summed E-state index contributed by atoms with van der Waals surface area (Å²) >= 11 is 0. The number of nitrogens with zero attached hydrogens (tertiary/aromatic N) is 2. The van der Waals surface area contributed by atoms with Crippen LogP contribution in [-0.4, -0.2) is 49.1 Å². The molecule has 0 bridgehead atoms. The second-order valence-electron chi connectivity index (χ2n) is 6.76. The van der Waals surface area contributed by atoms with Crippen LogP contribution >= 0.6 is 0 Å². The summed E-state index contributed by atoms with van der Waals surface area (Å²) in [6, 6.07) is 0. The van der Waals surface area contributed by atoms with Crippen LogP contribution < -0.4 is 0 Å². The third-order valence-corrected chi connectivity index (χ3v) is 5.25. The molecule has 0 atom stereocenters. The Morgan fingerprint density at radius 1 is 0.850 bits per heavy atom. The molecule has 0 aromatic rings. The summed E-state index contributed by atoms with van der Waals surface area (Å²) in [7, 11) is 0. The van der Waals surface area contributed by atoms with Gasteiger partial charge in [0.2, 0.25) is 0 Å². The molecule has 0 amide bonds. The Bertz CT molecular complexity index is 224. The van der Waals surface area contributed by atoms with Gasteiger partial charge in [0.15, 0.2) is 0 Å². The van der Waals surface area contributed by atoms with Gasteiger partial charge in [0.1, 0.15) is 0 Å². The summed E-state index contributed by atoms with van der Waals surface area (Å²) in [4.78, 5) is 5.34. The number of piperidine rings is 2. The first-order valence-electron chi connectivity index (χ1n) is 9.13. The number of hydrogen-bond donors (Lipinski definition) is 0. The molecule has 0 unspecified atom stereocenters. The maximum atomic E-state index is 2.74.